The van der Waals surface area contributed by atoms with E-state index in [0.717, 1.165) is 11.1 Å². The summed E-state index contributed by atoms with van der Waals surface area (Å²) in [6, 6.07) is 29.1. The minimum Gasteiger partial charge on any atom is -0.322 e. The van der Waals surface area contributed by atoms with Gasteiger partial charge in [-0.15, -0.1) is 0 Å². The van der Waals surface area contributed by atoms with Gasteiger partial charge in [0.2, 0.25) is 0 Å². The van der Waals surface area contributed by atoms with E-state index in [1.54, 1.807) is 72.8 Å². The summed E-state index contributed by atoms with van der Waals surface area (Å²) in [6.45, 7) is 3.96. The molecule has 6 nitrogen and oxygen atoms in total. The molecule has 2 N–H and O–H groups in total. The standard InChI is InChI=1S/C28H24N4O2/c1-19-3-7-21(8-4-19)27(33)29-23-11-15-25(16-12-23)31-32-26-17-13-24(14-18-26)30-28(34)22-9-5-20(2)6-10-22/h3-18H,1-2H3,(H,29,33)(H,30,34). The van der Waals surface area contributed by atoms with Gasteiger partial charge in [0.25, 0.3) is 11.8 Å². The zero-order valence-electron chi connectivity index (χ0n) is 18.9. The first-order chi connectivity index (χ1) is 16.5. The zero-order valence-corrected chi connectivity index (χ0v) is 18.9. The van der Waals surface area contributed by atoms with Crippen molar-refractivity contribution in [1.82, 2.24) is 0 Å². The van der Waals surface area contributed by atoms with Gasteiger partial charge < -0.3 is 10.6 Å². The molecule has 4 rings (SSSR count). The average Bonchev–Trinajstić information content (AvgIpc) is 2.85. The fourth-order valence-corrected chi connectivity index (χ4v) is 3.15. The van der Waals surface area contributed by atoms with E-state index in [0.29, 0.717) is 33.9 Å². The lowest BCUT2D eigenvalue weighted by atomic mass is 10.1. The van der Waals surface area contributed by atoms with Gasteiger partial charge >= 0.3 is 0 Å². The van der Waals surface area contributed by atoms with Crippen molar-refractivity contribution in [2.45, 2.75) is 13.8 Å². The van der Waals surface area contributed by atoms with Crippen LogP contribution in [-0.2, 0) is 0 Å². The van der Waals surface area contributed by atoms with Crippen molar-refractivity contribution in [2.75, 3.05) is 10.6 Å². The molecular formula is C28H24N4O2. The van der Waals surface area contributed by atoms with Crippen LogP contribution in [0.2, 0.25) is 0 Å². The van der Waals surface area contributed by atoms with Gasteiger partial charge in [0.05, 0.1) is 11.4 Å². The Labute approximate surface area is 198 Å². The summed E-state index contributed by atoms with van der Waals surface area (Å²) in [4.78, 5) is 24.7. The van der Waals surface area contributed by atoms with Crippen LogP contribution in [0.15, 0.2) is 107 Å². The van der Waals surface area contributed by atoms with Crippen molar-refractivity contribution >= 4 is 34.6 Å². The number of carbonyl (C=O) groups excluding carboxylic acids is 2. The van der Waals surface area contributed by atoms with Crippen molar-refractivity contribution < 1.29 is 9.59 Å². The predicted octanol–water partition coefficient (Wildman–Crippen LogP) is 7.22. The fraction of sp³-hybridized carbons (Fsp3) is 0.0714. The Balaban J connectivity index is 1.33. The smallest absolute Gasteiger partial charge is 0.255 e. The summed E-state index contributed by atoms with van der Waals surface area (Å²) in [5.74, 6) is -0.326. The Morgan fingerprint density at radius 2 is 0.824 bits per heavy atom. The zero-order chi connectivity index (χ0) is 23.9. The minimum atomic E-state index is -0.163. The number of nitrogens with one attached hydrogen (secondary N) is 2. The Bertz CT molecular complexity index is 1200. The first-order valence-electron chi connectivity index (χ1n) is 10.8. The van der Waals surface area contributed by atoms with Crippen LogP contribution in [0, 0.1) is 13.8 Å². The van der Waals surface area contributed by atoms with Crippen molar-refractivity contribution in [2.24, 2.45) is 10.2 Å². The minimum absolute atomic E-state index is 0.163. The van der Waals surface area contributed by atoms with Crippen LogP contribution < -0.4 is 10.6 Å². The van der Waals surface area contributed by atoms with Crippen LogP contribution >= 0.6 is 0 Å². The number of carbonyl (C=O) groups is 2. The Hall–Kier alpha value is -4.58. The second-order valence-electron chi connectivity index (χ2n) is 7.93. The largest absolute Gasteiger partial charge is 0.322 e. The highest BCUT2D eigenvalue weighted by Gasteiger charge is 2.07. The normalized spacial score (nSPS) is 10.8. The average molecular weight is 449 g/mol. The van der Waals surface area contributed by atoms with Crippen LogP contribution in [-0.4, -0.2) is 11.8 Å². The molecule has 0 bridgehead atoms. The molecule has 0 aliphatic rings. The van der Waals surface area contributed by atoms with Crippen LogP contribution in [0.5, 0.6) is 0 Å². The number of anilines is 2. The quantitative estimate of drug-likeness (QED) is 0.305. The maximum atomic E-state index is 12.3. The summed E-state index contributed by atoms with van der Waals surface area (Å²) in [7, 11) is 0. The summed E-state index contributed by atoms with van der Waals surface area (Å²) in [5, 5.41) is 14.2. The number of benzene rings is 4. The lowest BCUT2D eigenvalue weighted by molar-refractivity contribution is 0.101. The molecule has 0 spiro atoms. The van der Waals surface area contributed by atoms with Gasteiger partial charge in [0, 0.05) is 22.5 Å². The number of hydrogen-bond acceptors (Lipinski definition) is 4. The molecule has 0 radical (unpaired) electrons. The van der Waals surface area contributed by atoms with Crippen molar-refractivity contribution in [3.05, 3.63) is 119 Å². The summed E-state index contributed by atoms with van der Waals surface area (Å²) < 4.78 is 0. The highest BCUT2D eigenvalue weighted by molar-refractivity contribution is 6.04. The van der Waals surface area contributed by atoms with Gasteiger partial charge in [0.1, 0.15) is 0 Å². The molecule has 0 aromatic heterocycles. The molecular weight excluding hydrogens is 424 g/mol. The summed E-state index contributed by atoms with van der Waals surface area (Å²) in [5.41, 5.74) is 6.09. The molecule has 0 aliphatic heterocycles. The van der Waals surface area contributed by atoms with Gasteiger partial charge in [-0.25, -0.2) is 0 Å². The van der Waals surface area contributed by atoms with E-state index in [1.807, 2.05) is 38.1 Å². The SMILES string of the molecule is Cc1ccc(C(=O)Nc2ccc(N=Nc3ccc(NC(=O)c4ccc(C)cc4)cc3)cc2)cc1. The third kappa shape index (κ3) is 6.01. The van der Waals surface area contributed by atoms with E-state index in [1.165, 1.54) is 0 Å². The second kappa shape index (κ2) is 10.4. The lowest BCUT2D eigenvalue weighted by Crippen LogP contribution is -2.11. The van der Waals surface area contributed by atoms with E-state index >= 15 is 0 Å². The predicted molar refractivity (Wildman–Crippen MR) is 135 cm³/mol. The molecule has 0 heterocycles. The van der Waals surface area contributed by atoms with E-state index in [2.05, 4.69) is 20.9 Å². The molecule has 0 unspecified atom stereocenters. The van der Waals surface area contributed by atoms with Gasteiger partial charge in [0.15, 0.2) is 0 Å². The maximum absolute atomic E-state index is 12.3. The molecule has 0 atom stereocenters. The number of amides is 2. The highest BCUT2D eigenvalue weighted by Crippen LogP contribution is 2.22. The second-order valence-corrected chi connectivity index (χ2v) is 7.93. The van der Waals surface area contributed by atoms with Crippen molar-refractivity contribution in [3.8, 4) is 0 Å². The number of aryl methyl sites for hydroxylation is 2. The lowest BCUT2D eigenvalue weighted by Gasteiger charge is -2.06. The van der Waals surface area contributed by atoms with Crippen LogP contribution in [0.3, 0.4) is 0 Å². The topological polar surface area (TPSA) is 82.9 Å². The van der Waals surface area contributed by atoms with Gasteiger partial charge in [-0.2, -0.15) is 10.2 Å². The summed E-state index contributed by atoms with van der Waals surface area (Å²) in [6.07, 6.45) is 0. The van der Waals surface area contributed by atoms with Gasteiger partial charge in [-0.1, -0.05) is 35.4 Å². The highest BCUT2D eigenvalue weighted by atomic mass is 16.2. The molecule has 2 amide bonds. The first kappa shape index (κ1) is 22.6. The first-order valence-corrected chi connectivity index (χ1v) is 10.8. The molecule has 4 aromatic rings. The Kier molecular flexibility index (Phi) is 6.89. The molecule has 168 valence electrons. The van der Waals surface area contributed by atoms with Crippen molar-refractivity contribution in [1.29, 1.82) is 0 Å². The molecule has 0 saturated carbocycles. The molecule has 4 aromatic carbocycles. The van der Waals surface area contributed by atoms with E-state index < -0.39 is 0 Å². The fourth-order valence-electron chi connectivity index (χ4n) is 3.15. The Morgan fingerprint density at radius 3 is 1.15 bits per heavy atom. The molecule has 0 aliphatic carbocycles. The monoisotopic (exact) mass is 448 g/mol. The van der Waals surface area contributed by atoms with E-state index in [9.17, 15) is 9.59 Å². The summed E-state index contributed by atoms with van der Waals surface area (Å²) >= 11 is 0. The number of hydrogen-bond donors (Lipinski definition) is 2. The van der Waals surface area contributed by atoms with Gasteiger partial charge in [-0.3, -0.25) is 9.59 Å². The van der Waals surface area contributed by atoms with Crippen molar-refractivity contribution in [3.63, 3.8) is 0 Å². The molecule has 34 heavy (non-hydrogen) atoms. The third-order valence-electron chi connectivity index (χ3n) is 5.16. The van der Waals surface area contributed by atoms with Gasteiger partial charge in [-0.05, 0) is 86.6 Å². The van der Waals surface area contributed by atoms with Crippen LogP contribution in [0.4, 0.5) is 22.7 Å². The maximum Gasteiger partial charge on any atom is 0.255 e. The number of azo groups is 1. The van der Waals surface area contributed by atoms with Crippen LogP contribution in [0.25, 0.3) is 0 Å². The third-order valence-corrected chi connectivity index (χ3v) is 5.16. The van der Waals surface area contributed by atoms with E-state index in [4.69, 9.17) is 0 Å². The van der Waals surface area contributed by atoms with E-state index in [-0.39, 0.29) is 11.8 Å². The number of nitrogens with zero attached hydrogens (tertiary/aromatic N) is 2. The van der Waals surface area contributed by atoms with Crippen LogP contribution in [0.1, 0.15) is 31.8 Å². The molecule has 0 saturated heterocycles. The molecule has 6 heteroatoms. The Morgan fingerprint density at radius 1 is 0.500 bits per heavy atom. The molecule has 0 fully saturated rings. The number of rotatable bonds is 6.